The Morgan fingerprint density at radius 2 is 1.73 bits per heavy atom. The van der Waals surface area contributed by atoms with E-state index in [1.165, 1.54) is 12.6 Å². The maximum Gasteiger partial charge on any atom is 0.243 e. The molecule has 1 amide bonds. The molecule has 26 heavy (non-hydrogen) atoms. The van der Waals surface area contributed by atoms with E-state index in [1.54, 1.807) is 36.0 Å². The number of rotatable bonds is 8. The van der Waals surface area contributed by atoms with Crippen molar-refractivity contribution < 1.29 is 13.2 Å². The van der Waals surface area contributed by atoms with Crippen LogP contribution in [0.2, 0.25) is 0 Å². The molecule has 0 spiro atoms. The largest absolute Gasteiger partial charge is 0.354 e. The summed E-state index contributed by atoms with van der Waals surface area (Å²) in [6.07, 6.45) is 1.10. The summed E-state index contributed by atoms with van der Waals surface area (Å²) in [5.74, 6) is 0.382. The van der Waals surface area contributed by atoms with Gasteiger partial charge < -0.3 is 5.32 Å². The molecule has 2 aromatic rings. The molecule has 7 heteroatoms. The Hall–Kier alpha value is -1.83. The average molecular weight is 393 g/mol. The third-order valence-corrected chi connectivity index (χ3v) is 6.21. The lowest BCUT2D eigenvalue weighted by molar-refractivity contribution is -0.124. The second-order valence-electron chi connectivity index (χ2n) is 6.04. The van der Waals surface area contributed by atoms with Gasteiger partial charge in [-0.15, -0.1) is 11.8 Å². The first-order chi connectivity index (χ1) is 12.3. The highest BCUT2D eigenvalue weighted by Crippen LogP contribution is 2.22. The molecular formula is C19H24N2O3S2. The molecule has 0 aliphatic rings. The first-order valence-electron chi connectivity index (χ1n) is 8.24. The van der Waals surface area contributed by atoms with Crippen molar-refractivity contribution in [2.75, 3.05) is 25.6 Å². The van der Waals surface area contributed by atoms with Gasteiger partial charge >= 0.3 is 0 Å². The highest BCUT2D eigenvalue weighted by Gasteiger charge is 2.30. The van der Waals surface area contributed by atoms with Crippen LogP contribution in [-0.2, 0) is 14.8 Å². The number of aryl methyl sites for hydroxylation is 1. The Morgan fingerprint density at radius 1 is 1.12 bits per heavy atom. The van der Waals surface area contributed by atoms with Crippen molar-refractivity contribution in [2.45, 2.75) is 17.9 Å². The topological polar surface area (TPSA) is 66.5 Å². The van der Waals surface area contributed by atoms with Gasteiger partial charge in [0.25, 0.3) is 0 Å². The normalized spacial score (nSPS) is 12.8. The van der Waals surface area contributed by atoms with Crippen LogP contribution in [0.5, 0.6) is 0 Å². The fourth-order valence-electron chi connectivity index (χ4n) is 2.43. The van der Waals surface area contributed by atoms with Crippen molar-refractivity contribution in [3.8, 4) is 0 Å². The highest BCUT2D eigenvalue weighted by molar-refractivity contribution is 7.99. The minimum atomic E-state index is -3.51. The van der Waals surface area contributed by atoms with Crippen LogP contribution in [0.1, 0.15) is 17.2 Å². The molecule has 0 bridgehead atoms. The fourth-order valence-corrected chi connectivity index (χ4v) is 3.80. The van der Waals surface area contributed by atoms with Crippen LogP contribution in [0.15, 0.2) is 59.5 Å². The summed E-state index contributed by atoms with van der Waals surface area (Å²) in [6, 6.07) is 16.2. The zero-order valence-electron chi connectivity index (χ0n) is 15.2. The van der Waals surface area contributed by atoms with E-state index < -0.39 is 16.1 Å². The van der Waals surface area contributed by atoms with Gasteiger partial charge in [0.1, 0.15) is 6.04 Å². The predicted molar refractivity (Wildman–Crippen MR) is 107 cm³/mol. The number of hydrogen-bond donors (Lipinski definition) is 1. The molecule has 0 unspecified atom stereocenters. The molecule has 0 aromatic heterocycles. The molecule has 0 aliphatic carbocycles. The molecule has 0 radical (unpaired) electrons. The van der Waals surface area contributed by atoms with Crippen LogP contribution in [0.4, 0.5) is 0 Å². The zero-order chi connectivity index (χ0) is 19.2. The monoisotopic (exact) mass is 392 g/mol. The lowest BCUT2D eigenvalue weighted by Crippen LogP contribution is -2.41. The Kier molecular flexibility index (Phi) is 7.25. The summed E-state index contributed by atoms with van der Waals surface area (Å²) in [5, 5.41) is 2.85. The first-order valence-corrected chi connectivity index (χ1v) is 11.1. The Labute approximate surface area is 159 Å². The molecule has 0 saturated heterocycles. The SMILES string of the molecule is Cc1ccc(SCCNC(=O)[C@H](c2ccccc2)N(C)S(C)(=O)=O)cc1. The van der Waals surface area contributed by atoms with E-state index in [-0.39, 0.29) is 5.91 Å². The number of hydrogen-bond acceptors (Lipinski definition) is 4. The summed E-state index contributed by atoms with van der Waals surface area (Å²) < 4.78 is 25.0. The van der Waals surface area contributed by atoms with E-state index in [2.05, 4.69) is 5.32 Å². The van der Waals surface area contributed by atoms with Crippen molar-refractivity contribution in [3.05, 3.63) is 65.7 Å². The molecular weight excluding hydrogens is 368 g/mol. The summed E-state index contributed by atoms with van der Waals surface area (Å²) in [5.41, 5.74) is 1.85. The van der Waals surface area contributed by atoms with E-state index in [1.807, 2.05) is 37.3 Å². The predicted octanol–water partition coefficient (Wildman–Crippen LogP) is 2.84. The molecule has 1 atom stereocenters. The summed E-state index contributed by atoms with van der Waals surface area (Å²) in [4.78, 5) is 13.8. The van der Waals surface area contributed by atoms with Crippen LogP contribution < -0.4 is 5.32 Å². The van der Waals surface area contributed by atoms with Gasteiger partial charge in [-0.25, -0.2) is 8.42 Å². The quantitative estimate of drug-likeness (QED) is 0.554. The maximum atomic E-state index is 12.7. The standard InChI is InChI=1S/C19H24N2O3S2/c1-15-9-11-17(12-10-15)25-14-13-20-19(22)18(21(2)26(3,23)24)16-7-5-4-6-8-16/h4-12,18H,13-14H2,1-3H3,(H,20,22)/t18-/m0/s1. The third-order valence-electron chi connectivity index (χ3n) is 3.94. The number of amides is 1. The molecule has 0 heterocycles. The van der Waals surface area contributed by atoms with E-state index in [4.69, 9.17) is 0 Å². The number of nitrogens with zero attached hydrogens (tertiary/aromatic N) is 1. The van der Waals surface area contributed by atoms with Gasteiger partial charge in [-0.2, -0.15) is 4.31 Å². The smallest absolute Gasteiger partial charge is 0.243 e. The molecule has 0 fully saturated rings. The minimum absolute atomic E-state index is 0.325. The van der Waals surface area contributed by atoms with Gasteiger partial charge in [-0.05, 0) is 24.6 Å². The van der Waals surface area contributed by atoms with Crippen LogP contribution >= 0.6 is 11.8 Å². The number of benzene rings is 2. The average Bonchev–Trinajstić information content (AvgIpc) is 2.60. The molecule has 1 N–H and O–H groups in total. The lowest BCUT2D eigenvalue weighted by Gasteiger charge is -2.25. The highest BCUT2D eigenvalue weighted by atomic mass is 32.2. The second kappa shape index (κ2) is 9.21. The van der Waals surface area contributed by atoms with Crippen LogP contribution in [0.25, 0.3) is 0 Å². The first kappa shape index (κ1) is 20.5. The van der Waals surface area contributed by atoms with Gasteiger partial charge in [-0.1, -0.05) is 48.0 Å². The molecule has 2 rings (SSSR count). The number of carbonyl (C=O) groups excluding carboxylic acids is 1. The Morgan fingerprint density at radius 3 is 2.31 bits per heavy atom. The molecule has 5 nitrogen and oxygen atoms in total. The van der Waals surface area contributed by atoms with Crippen molar-refractivity contribution >= 4 is 27.7 Å². The lowest BCUT2D eigenvalue weighted by atomic mass is 10.1. The van der Waals surface area contributed by atoms with Crippen LogP contribution in [0.3, 0.4) is 0 Å². The Bertz CT molecular complexity index is 822. The van der Waals surface area contributed by atoms with E-state index in [0.717, 1.165) is 15.5 Å². The van der Waals surface area contributed by atoms with Crippen molar-refractivity contribution in [1.82, 2.24) is 9.62 Å². The number of likely N-dealkylation sites (N-methyl/N-ethyl adjacent to an activating group) is 1. The van der Waals surface area contributed by atoms with Gasteiger partial charge in [0.15, 0.2) is 0 Å². The van der Waals surface area contributed by atoms with E-state index in [0.29, 0.717) is 17.9 Å². The Balaban J connectivity index is 1.99. The molecule has 0 aliphatic heterocycles. The van der Waals surface area contributed by atoms with Gasteiger partial charge in [-0.3, -0.25) is 4.79 Å². The number of carbonyl (C=O) groups is 1. The molecule has 140 valence electrons. The van der Waals surface area contributed by atoms with Crippen molar-refractivity contribution in [1.29, 1.82) is 0 Å². The second-order valence-corrected chi connectivity index (χ2v) is 9.26. The van der Waals surface area contributed by atoms with Gasteiger partial charge in [0.05, 0.1) is 6.26 Å². The summed E-state index contributed by atoms with van der Waals surface area (Å²) >= 11 is 1.65. The third kappa shape index (κ3) is 5.86. The fraction of sp³-hybridized carbons (Fsp3) is 0.316. The number of thioether (sulfide) groups is 1. The van der Waals surface area contributed by atoms with Crippen molar-refractivity contribution in [2.24, 2.45) is 0 Å². The summed E-state index contributed by atoms with van der Waals surface area (Å²) in [6.45, 7) is 2.50. The summed E-state index contributed by atoms with van der Waals surface area (Å²) in [7, 11) is -2.08. The number of nitrogens with one attached hydrogen (secondary N) is 1. The van der Waals surface area contributed by atoms with Gasteiger partial charge in [0.2, 0.25) is 15.9 Å². The van der Waals surface area contributed by atoms with E-state index >= 15 is 0 Å². The zero-order valence-corrected chi connectivity index (χ0v) is 16.8. The maximum absolute atomic E-state index is 12.7. The minimum Gasteiger partial charge on any atom is -0.354 e. The van der Waals surface area contributed by atoms with E-state index in [9.17, 15) is 13.2 Å². The molecule has 0 saturated carbocycles. The van der Waals surface area contributed by atoms with Crippen molar-refractivity contribution in [3.63, 3.8) is 0 Å². The van der Waals surface area contributed by atoms with Gasteiger partial charge in [0, 0.05) is 24.2 Å². The number of sulfonamides is 1. The van der Waals surface area contributed by atoms with Crippen LogP contribution in [-0.4, -0.2) is 44.2 Å². The molecule has 2 aromatic carbocycles. The van der Waals surface area contributed by atoms with Crippen LogP contribution in [0, 0.1) is 6.92 Å².